The van der Waals surface area contributed by atoms with Crippen molar-refractivity contribution in [3.8, 4) is 0 Å². The molecule has 1 rings (SSSR count). The maximum atomic E-state index is 12.3. The van der Waals surface area contributed by atoms with Crippen LogP contribution in [-0.4, -0.2) is 29.5 Å². The Balaban J connectivity index is 2.94. The van der Waals surface area contributed by atoms with Gasteiger partial charge in [0.15, 0.2) is 0 Å². The first-order valence-corrected chi connectivity index (χ1v) is 7.77. The van der Waals surface area contributed by atoms with Crippen molar-refractivity contribution in [2.75, 3.05) is 6.54 Å². The zero-order valence-corrected chi connectivity index (χ0v) is 14.7. The van der Waals surface area contributed by atoms with Crippen molar-refractivity contribution in [3.05, 3.63) is 22.5 Å². The van der Waals surface area contributed by atoms with E-state index >= 15 is 0 Å². The van der Waals surface area contributed by atoms with Crippen LogP contribution in [-0.2, 0) is 4.74 Å². The monoisotopic (exact) mass is 308 g/mol. The normalized spacial score (nSPS) is 11.6. The lowest BCUT2D eigenvalue weighted by atomic mass is 9.90. The van der Waals surface area contributed by atoms with E-state index in [1.807, 2.05) is 0 Å². The molecule has 1 amide bonds. The minimum absolute atomic E-state index is 0.0462. The Morgan fingerprint density at radius 2 is 1.86 bits per heavy atom. The van der Waals surface area contributed by atoms with E-state index < -0.39 is 5.97 Å². The van der Waals surface area contributed by atoms with Crippen LogP contribution in [0.15, 0.2) is 0 Å². The second kappa shape index (κ2) is 6.99. The molecule has 0 aromatic carbocycles. The summed E-state index contributed by atoms with van der Waals surface area (Å²) in [5, 5.41) is 2.93. The number of nitrogens with one attached hydrogen (secondary N) is 2. The number of aromatic nitrogens is 1. The maximum Gasteiger partial charge on any atom is 0.340 e. The lowest BCUT2D eigenvalue weighted by Gasteiger charge is -2.22. The molecule has 0 atom stereocenters. The highest BCUT2D eigenvalue weighted by atomic mass is 16.5. The lowest BCUT2D eigenvalue weighted by Crippen LogP contribution is -2.34. The lowest BCUT2D eigenvalue weighted by molar-refractivity contribution is 0.0376. The van der Waals surface area contributed by atoms with Crippen LogP contribution in [0.4, 0.5) is 0 Å². The highest BCUT2D eigenvalue weighted by Gasteiger charge is 2.24. The second-order valence-electron chi connectivity index (χ2n) is 6.78. The molecule has 0 aliphatic rings. The quantitative estimate of drug-likeness (QED) is 0.792. The van der Waals surface area contributed by atoms with Gasteiger partial charge in [-0.25, -0.2) is 4.79 Å². The molecule has 1 aromatic rings. The summed E-state index contributed by atoms with van der Waals surface area (Å²) < 4.78 is 5.23. The van der Waals surface area contributed by atoms with Gasteiger partial charge in [-0.05, 0) is 45.1 Å². The summed E-state index contributed by atoms with van der Waals surface area (Å²) >= 11 is 0. The Morgan fingerprint density at radius 1 is 1.27 bits per heavy atom. The molecule has 0 spiro atoms. The number of rotatable bonds is 6. The third-order valence-corrected chi connectivity index (χ3v) is 3.90. The van der Waals surface area contributed by atoms with Gasteiger partial charge in [0.25, 0.3) is 5.91 Å². The molecule has 2 N–H and O–H groups in total. The average molecular weight is 308 g/mol. The highest BCUT2D eigenvalue weighted by Crippen LogP contribution is 2.21. The van der Waals surface area contributed by atoms with Crippen LogP contribution in [0.3, 0.4) is 0 Å². The molecule has 0 saturated heterocycles. The molecule has 22 heavy (non-hydrogen) atoms. The smallest absolute Gasteiger partial charge is 0.340 e. The van der Waals surface area contributed by atoms with E-state index in [1.54, 1.807) is 27.7 Å². The summed E-state index contributed by atoms with van der Waals surface area (Å²) in [5.74, 6) is -0.583. The molecule has 1 aromatic heterocycles. The number of amides is 1. The largest absolute Gasteiger partial charge is 0.459 e. The Hall–Kier alpha value is -1.78. The number of carbonyl (C=O) groups excluding carboxylic acids is 2. The molecule has 124 valence electrons. The minimum atomic E-state index is -0.394. The molecule has 0 fully saturated rings. The third-order valence-electron chi connectivity index (χ3n) is 3.90. The van der Waals surface area contributed by atoms with Gasteiger partial charge in [0.05, 0.1) is 11.7 Å². The van der Waals surface area contributed by atoms with Crippen molar-refractivity contribution in [2.24, 2.45) is 5.41 Å². The van der Waals surface area contributed by atoms with E-state index in [1.165, 1.54) is 0 Å². The fourth-order valence-electron chi connectivity index (χ4n) is 2.09. The number of H-pyrrole nitrogens is 1. The van der Waals surface area contributed by atoms with Crippen LogP contribution in [0, 0.1) is 19.3 Å². The summed E-state index contributed by atoms with van der Waals surface area (Å²) in [6.45, 7) is 14.0. The summed E-state index contributed by atoms with van der Waals surface area (Å²) in [4.78, 5) is 27.5. The number of hydrogen-bond acceptors (Lipinski definition) is 3. The predicted molar refractivity (Wildman–Crippen MR) is 87.2 cm³/mol. The Kier molecular flexibility index (Phi) is 5.80. The molecule has 0 aliphatic heterocycles. The van der Waals surface area contributed by atoms with E-state index in [-0.39, 0.29) is 17.4 Å². The summed E-state index contributed by atoms with van der Waals surface area (Å²) in [6, 6.07) is 0. The molecule has 1 heterocycles. The van der Waals surface area contributed by atoms with Crippen LogP contribution >= 0.6 is 0 Å². The Labute approximate surface area is 132 Å². The molecule has 0 unspecified atom stereocenters. The van der Waals surface area contributed by atoms with Crippen LogP contribution in [0.1, 0.15) is 73.1 Å². The van der Waals surface area contributed by atoms with E-state index in [9.17, 15) is 9.59 Å². The van der Waals surface area contributed by atoms with Crippen molar-refractivity contribution in [1.82, 2.24) is 10.3 Å². The molecule has 0 radical (unpaired) electrons. The topological polar surface area (TPSA) is 71.2 Å². The number of aryl methyl sites for hydroxylation is 1. The molecular formula is C17H28N2O3. The molecule has 0 aliphatic carbocycles. The number of esters is 1. The second-order valence-corrected chi connectivity index (χ2v) is 6.78. The Bertz CT molecular complexity index is 556. The SMILES string of the molecule is CCC(C)(C)CNC(=O)c1[nH]c(C)c(C(=O)OC(C)C)c1C. The van der Waals surface area contributed by atoms with Crippen LogP contribution in [0.5, 0.6) is 0 Å². The Morgan fingerprint density at radius 3 is 2.36 bits per heavy atom. The van der Waals surface area contributed by atoms with Crippen molar-refractivity contribution in [3.63, 3.8) is 0 Å². The maximum absolute atomic E-state index is 12.3. The van der Waals surface area contributed by atoms with Gasteiger partial charge in [-0.2, -0.15) is 0 Å². The van der Waals surface area contributed by atoms with E-state index in [4.69, 9.17) is 4.74 Å². The van der Waals surface area contributed by atoms with Crippen molar-refractivity contribution in [1.29, 1.82) is 0 Å². The predicted octanol–water partition coefficient (Wildman–Crippen LogP) is 3.36. The number of ether oxygens (including phenoxy) is 1. The first kappa shape index (κ1) is 18.3. The van der Waals surface area contributed by atoms with Crippen LogP contribution in [0.2, 0.25) is 0 Å². The van der Waals surface area contributed by atoms with Crippen LogP contribution < -0.4 is 5.32 Å². The number of carbonyl (C=O) groups is 2. The van der Waals surface area contributed by atoms with Gasteiger partial charge in [0, 0.05) is 12.2 Å². The van der Waals surface area contributed by atoms with Crippen molar-refractivity contribution < 1.29 is 14.3 Å². The standard InChI is InChI=1S/C17H28N2O3/c1-8-17(6,7)9-18-15(20)14-11(4)13(12(5)19-14)16(21)22-10(2)3/h10,19H,8-9H2,1-7H3,(H,18,20). The molecule has 0 bridgehead atoms. The minimum Gasteiger partial charge on any atom is -0.459 e. The van der Waals surface area contributed by atoms with Gasteiger partial charge < -0.3 is 15.0 Å². The van der Waals surface area contributed by atoms with Gasteiger partial charge in [0.2, 0.25) is 0 Å². The zero-order chi connectivity index (χ0) is 17.1. The van der Waals surface area contributed by atoms with Gasteiger partial charge in [-0.15, -0.1) is 0 Å². The zero-order valence-electron chi connectivity index (χ0n) is 14.7. The van der Waals surface area contributed by atoms with Crippen molar-refractivity contribution >= 4 is 11.9 Å². The number of aromatic amines is 1. The summed E-state index contributed by atoms with van der Waals surface area (Å²) in [7, 11) is 0. The first-order valence-electron chi connectivity index (χ1n) is 7.77. The van der Waals surface area contributed by atoms with Gasteiger partial charge in [0.1, 0.15) is 5.69 Å². The van der Waals surface area contributed by atoms with Gasteiger partial charge in [-0.1, -0.05) is 20.8 Å². The molecular weight excluding hydrogens is 280 g/mol. The number of hydrogen-bond donors (Lipinski definition) is 2. The van der Waals surface area contributed by atoms with Crippen LogP contribution in [0.25, 0.3) is 0 Å². The van der Waals surface area contributed by atoms with Gasteiger partial charge >= 0.3 is 5.97 Å². The van der Waals surface area contributed by atoms with Crippen molar-refractivity contribution in [2.45, 2.75) is 61.0 Å². The average Bonchev–Trinajstić information content (AvgIpc) is 2.70. The van der Waals surface area contributed by atoms with E-state index in [0.29, 0.717) is 29.1 Å². The molecule has 5 nitrogen and oxygen atoms in total. The molecule has 0 saturated carbocycles. The third kappa shape index (κ3) is 4.36. The first-order chi connectivity index (χ1) is 10.1. The fraction of sp³-hybridized carbons (Fsp3) is 0.647. The fourth-order valence-corrected chi connectivity index (χ4v) is 2.09. The van der Waals surface area contributed by atoms with E-state index in [2.05, 4.69) is 31.1 Å². The summed E-state index contributed by atoms with van der Waals surface area (Å²) in [6.07, 6.45) is 0.783. The molecule has 5 heteroatoms. The highest BCUT2D eigenvalue weighted by molar-refractivity contribution is 6.00. The van der Waals surface area contributed by atoms with Gasteiger partial charge in [-0.3, -0.25) is 4.79 Å². The van der Waals surface area contributed by atoms with E-state index in [0.717, 1.165) is 6.42 Å². The summed E-state index contributed by atoms with van der Waals surface area (Å²) in [5.41, 5.74) is 2.22.